The SMILES string of the molecule is CC1(C)CC[C@@H](O)C1C(=O)N[C@@H](Cc1ccccc1)[C@H](O)CNC[C@@H](O)[C@H](Cc1ccccc1)N(C(=O)[O-])C(C)(C)C. The Hall–Kier alpha value is -2.98. The van der Waals surface area contributed by atoms with Crippen LogP contribution in [0.5, 0.6) is 0 Å². The van der Waals surface area contributed by atoms with Crippen LogP contribution in [0, 0.1) is 11.3 Å². The van der Waals surface area contributed by atoms with Gasteiger partial charge in [0.15, 0.2) is 0 Å². The molecule has 2 aromatic rings. The Morgan fingerprint density at radius 2 is 1.48 bits per heavy atom. The highest BCUT2D eigenvalue weighted by Crippen LogP contribution is 2.43. The molecule has 9 nitrogen and oxygen atoms in total. The van der Waals surface area contributed by atoms with Crippen molar-refractivity contribution in [1.29, 1.82) is 0 Å². The molecule has 0 radical (unpaired) electrons. The van der Waals surface area contributed by atoms with Crippen LogP contribution in [0.1, 0.15) is 58.6 Å². The number of benzene rings is 2. The zero-order chi connectivity index (χ0) is 31.1. The minimum absolute atomic E-state index is 0.00872. The van der Waals surface area contributed by atoms with Crippen molar-refractivity contribution < 1.29 is 30.0 Å². The zero-order valence-electron chi connectivity index (χ0n) is 25.5. The number of nitrogens with zero attached hydrogens (tertiary/aromatic N) is 1. The van der Waals surface area contributed by atoms with Gasteiger partial charge in [0.05, 0.1) is 36.3 Å². The Morgan fingerprint density at radius 1 is 0.952 bits per heavy atom. The Labute approximate surface area is 250 Å². The molecule has 0 saturated heterocycles. The summed E-state index contributed by atoms with van der Waals surface area (Å²) in [6, 6.07) is 17.4. The van der Waals surface area contributed by atoms with Gasteiger partial charge in [-0.2, -0.15) is 0 Å². The Morgan fingerprint density at radius 3 is 1.95 bits per heavy atom. The van der Waals surface area contributed by atoms with E-state index in [2.05, 4.69) is 10.6 Å². The number of aliphatic hydroxyl groups excluding tert-OH is 3. The lowest BCUT2D eigenvalue weighted by molar-refractivity contribution is -0.275. The summed E-state index contributed by atoms with van der Waals surface area (Å²) in [6.45, 7) is 9.26. The first kappa shape index (κ1) is 33.5. The van der Waals surface area contributed by atoms with Gasteiger partial charge in [0, 0.05) is 18.6 Å². The van der Waals surface area contributed by atoms with Crippen molar-refractivity contribution in [3.05, 3.63) is 71.8 Å². The minimum Gasteiger partial charge on any atom is -0.530 e. The largest absolute Gasteiger partial charge is 0.530 e. The number of hydrogen-bond acceptors (Lipinski definition) is 7. The van der Waals surface area contributed by atoms with Crippen molar-refractivity contribution in [3.8, 4) is 0 Å². The van der Waals surface area contributed by atoms with Gasteiger partial charge in [-0.15, -0.1) is 0 Å². The first-order valence-electron chi connectivity index (χ1n) is 14.8. The van der Waals surface area contributed by atoms with E-state index in [0.717, 1.165) is 17.5 Å². The second-order valence-corrected chi connectivity index (χ2v) is 13.2. The normalized spacial score (nSPS) is 21.2. The van der Waals surface area contributed by atoms with Gasteiger partial charge in [-0.1, -0.05) is 74.5 Å². The number of carbonyl (C=O) groups excluding carboxylic acids is 2. The van der Waals surface area contributed by atoms with Gasteiger partial charge in [-0.05, 0) is 63.0 Å². The summed E-state index contributed by atoms with van der Waals surface area (Å²) in [7, 11) is 0. The fourth-order valence-electron chi connectivity index (χ4n) is 6.14. The molecule has 232 valence electrons. The molecule has 3 rings (SSSR count). The number of carbonyl (C=O) groups is 2. The standard InChI is InChI=1S/C33H49N3O6/c1-32(2,3)36(31(41)42)25(19-23-14-10-7-11-15-23)28(39)21-34-20-27(38)24(18-22-12-8-6-9-13-22)35-30(40)29-26(37)16-17-33(29,4)5/h6-15,24-29,34,37-39H,16-21H2,1-5H3,(H,35,40)(H,41,42)/p-1/t24-,25-,26+,27+,28+,29?/m0/s1. The molecule has 0 bridgehead atoms. The fourth-order valence-corrected chi connectivity index (χ4v) is 6.14. The van der Waals surface area contributed by atoms with Crippen LogP contribution < -0.4 is 15.7 Å². The Balaban J connectivity index is 1.72. The van der Waals surface area contributed by atoms with Crippen molar-refractivity contribution in [2.75, 3.05) is 13.1 Å². The minimum atomic E-state index is -1.37. The molecule has 42 heavy (non-hydrogen) atoms. The van der Waals surface area contributed by atoms with Crippen molar-refractivity contribution >= 4 is 12.0 Å². The van der Waals surface area contributed by atoms with E-state index in [1.807, 2.05) is 74.5 Å². The maximum atomic E-state index is 13.3. The maximum absolute atomic E-state index is 13.3. The topological polar surface area (TPSA) is 145 Å². The fraction of sp³-hybridized carbons (Fsp3) is 0.576. The smallest absolute Gasteiger partial charge is 0.226 e. The molecule has 1 aliphatic rings. The van der Waals surface area contributed by atoms with Crippen LogP contribution in [-0.4, -0.2) is 81.2 Å². The molecule has 0 aromatic heterocycles. The highest BCUT2D eigenvalue weighted by Gasteiger charge is 2.46. The summed E-state index contributed by atoms with van der Waals surface area (Å²) in [5.41, 5.74) is 0.632. The van der Waals surface area contributed by atoms with Crippen molar-refractivity contribution in [2.24, 2.45) is 11.3 Å². The van der Waals surface area contributed by atoms with Crippen LogP contribution in [-0.2, 0) is 17.6 Å². The molecule has 0 aliphatic heterocycles. The highest BCUT2D eigenvalue weighted by atomic mass is 16.4. The molecule has 1 unspecified atom stereocenters. The molecule has 0 heterocycles. The first-order valence-corrected chi connectivity index (χ1v) is 14.8. The van der Waals surface area contributed by atoms with Crippen molar-refractivity contribution in [1.82, 2.24) is 15.5 Å². The summed E-state index contributed by atoms with van der Waals surface area (Å²) in [4.78, 5) is 26.7. The number of nitrogens with one attached hydrogen (secondary N) is 2. The van der Waals surface area contributed by atoms with Gasteiger partial charge in [-0.3, -0.25) is 4.79 Å². The van der Waals surface area contributed by atoms with Crippen molar-refractivity contribution in [2.45, 2.75) is 96.2 Å². The molecule has 2 aromatic carbocycles. The molecule has 1 aliphatic carbocycles. The summed E-state index contributed by atoms with van der Waals surface area (Å²) >= 11 is 0. The van der Waals surface area contributed by atoms with E-state index in [0.29, 0.717) is 12.8 Å². The van der Waals surface area contributed by atoms with Crippen LogP contribution in [0.25, 0.3) is 0 Å². The molecule has 0 spiro atoms. The van der Waals surface area contributed by atoms with Crippen molar-refractivity contribution in [3.63, 3.8) is 0 Å². The van der Waals surface area contributed by atoms with Gasteiger partial charge in [-0.25, -0.2) is 0 Å². The van der Waals surface area contributed by atoms with E-state index < -0.39 is 47.9 Å². The molecule has 9 heteroatoms. The molecule has 1 saturated carbocycles. The van der Waals surface area contributed by atoms with Crippen LogP contribution in [0.4, 0.5) is 4.79 Å². The lowest BCUT2D eigenvalue weighted by Crippen LogP contribution is -2.62. The zero-order valence-corrected chi connectivity index (χ0v) is 25.5. The summed E-state index contributed by atoms with van der Waals surface area (Å²) in [5, 5.41) is 51.3. The third-order valence-electron chi connectivity index (χ3n) is 8.37. The van der Waals surface area contributed by atoms with E-state index in [1.165, 1.54) is 4.90 Å². The number of carboxylic acid groups (broad SMARTS) is 1. The first-order chi connectivity index (χ1) is 19.7. The van der Waals surface area contributed by atoms with Crippen LogP contribution >= 0.6 is 0 Å². The van der Waals surface area contributed by atoms with Gasteiger partial charge in [0.2, 0.25) is 5.91 Å². The second-order valence-electron chi connectivity index (χ2n) is 13.2. The maximum Gasteiger partial charge on any atom is 0.226 e. The van der Waals surface area contributed by atoms with Crippen LogP contribution in [0.15, 0.2) is 60.7 Å². The molecule has 6 atom stereocenters. The summed E-state index contributed by atoms with van der Waals surface area (Å²) < 4.78 is 0. The molecule has 2 amide bonds. The van der Waals surface area contributed by atoms with E-state index in [1.54, 1.807) is 20.8 Å². The third-order valence-corrected chi connectivity index (χ3v) is 8.37. The quantitative estimate of drug-likeness (QED) is 0.243. The molecular weight excluding hydrogens is 534 g/mol. The number of rotatable bonds is 13. The predicted octanol–water partition coefficient (Wildman–Crippen LogP) is 1.88. The van der Waals surface area contributed by atoms with Crippen LogP contribution in [0.2, 0.25) is 0 Å². The van der Waals surface area contributed by atoms with Crippen LogP contribution in [0.3, 0.4) is 0 Å². The van der Waals surface area contributed by atoms with Gasteiger partial charge >= 0.3 is 0 Å². The van der Waals surface area contributed by atoms with Gasteiger partial charge < -0.3 is 40.8 Å². The van der Waals surface area contributed by atoms with E-state index in [9.17, 15) is 30.0 Å². The average Bonchev–Trinajstić information content (AvgIpc) is 3.19. The monoisotopic (exact) mass is 582 g/mol. The molecular formula is C33H48N3O6-. The molecule has 5 N–H and O–H groups in total. The molecule has 1 fully saturated rings. The summed E-state index contributed by atoms with van der Waals surface area (Å²) in [6.07, 6.45) is -2.29. The second kappa shape index (κ2) is 14.5. The predicted molar refractivity (Wildman–Crippen MR) is 160 cm³/mol. The van der Waals surface area contributed by atoms with E-state index in [-0.39, 0.29) is 30.8 Å². The lowest BCUT2D eigenvalue weighted by Gasteiger charge is -2.45. The van der Waals surface area contributed by atoms with Gasteiger partial charge in [0.25, 0.3) is 0 Å². The number of amides is 2. The van der Waals surface area contributed by atoms with E-state index in [4.69, 9.17) is 0 Å². The van der Waals surface area contributed by atoms with E-state index >= 15 is 0 Å². The summed E-state index contributed by atoms with van der Waals surface area (Å²) in [5.74, 6) is -0.868. The Kier molecular flexibility index (Phi) is 11.5. The van der Waals surface area contributed by atoms with Gasteiger partial charge in [0.1, 0.15) is 6.09 Å². The number of hydrogen-bond donors (Lipinski definition) is 5. The highest BCUT2D eigenvalue weighted by molar-refractivity contribution is 5.81. The average molecular weight is 583 g/mol. The number of aliphatic hydroxyl groups is 3. The lowest BCUT2D eigenvalue weighted by atomic mass is 9.80. The third kappa shape index (κ3) is 9.01. The Bertz CT molecular complexity index is 1140.